The van der Waals surface area contributed by atoms with Crippen LogP contribution in [0.2, 0.25) is 0 Å². The Morgan fingerprint density at radius 3 is 1.55 bits per heavy atom. The molecule has 0 aliphatic rings. The van der Waals surface area contributed by atoms with Crippen molar-refractivity contribution >= 4 is 21.4 Å². The van der Waals surface area contributed by atoms with Gasteiger partial charge in [0.2, 0.25) is 0 Å². The minimum absolute atomic E-state index is 0.887. The molecule has 4 nitrogen and oxygen atoms in total. The molecule has 0 amide bonds. The van der Waals surface area contributed by atoms with E-state index in [1.807, 2.05) is 27.7 Å². The maximum absolute atomic E-state index is 4.84. The van der Waals surface area contributed by atoms with E-state index in [-0.39, 0.29) is 0 Å². The van der Waals surface area contributed by atoms with Crippen molar-refractivity contribution in [3.05, 3.63) is 0 Å². The summed E-state index contributed by atoms with van der Waals surface area (Å²) < 4.78 is 9.69. The second-order valence-electron chi connectivity index (χ2n) is 2.45. The fourth-order valence-corrected chi connectivity index (χ4v) is 1.00. The summed E-state index contributed by atoms with van der Waals surface area (Å²) in [6, 6.07) is 0. The van der Waals surface area contributed by atoms with Crippen LogP contribution in [0.4, 0.5) is 0 Å². The molecule has 0 aliphatic carbocycles. The average molecular weight is 174 g/mol. The van der Waals surface area contributed by atoms with Crippen LogP contribution in [-0.4, -0.2) is 21.4 Å². The van der Waals surface area contributed by atoms with E-state index in [4.69, 9.17) is 9.05 Å². The van der Waals surface area contributed by atoms with Crippen LogP contribution in [0.25, 0.3) is 0 Å². The molecule has 0 N–H and O–H groups in total. The first kappa shape index (κ1) is 10.2. The number of rotatable bonds is 4. The van der Waals surface area contributed by atoms with Gasteiger partial charge in [-0.05, 0) is 27.7 Å². The van der Waals surface area contributed by atoms with E-state index in [1.54, 1.807) is 0 Å². The lowest BCUT2D eigenvalue weighted by Gasteiger charge is -1.97. The highest BCUT2D eigenvalue weighted by Crippen LogP contribution is 1.81. The third-order valence-electron chi connectivity index (χ3n) is 0.600. The van der Waals surface area contributed by atoms with Gasteiger partial charge in [-0.2, -0.15) is 0 Å². The summed E-state index contributed by atoms with van der Waals surface area (Å²) in [6.45, 7) is 7.46. The lowest BCUT2D eigenvalue weighted by Crippen LogP contribution is -1.98. The summed E-state index contributed by atoms with van der Waals surface area (Å²) in [7, 11) is -1.05. The molecule has 0 aromatic carbocycles. The van der Waals surface area contributed by atoms with Crippen molar-refractivity contribution in [1.82, 2.24) is 0 Å². The summed E-state index contributed by atoms with van der Waals surface area (Å²) >= 11 is 0. The quantitative estimate of drug-likeness (QED) is 0.274. The van der Waals surface area contributed by atoms with Crippen LogP contribution in [0.1, 0.15) is 27.7 Å². The van der Waals surface area contributed by atoms with Crippen molar-refractivity contribution in [3.63, 3.8) is 0 Å². The second-order valence-corrected chi connectivity index (χ2v) is 3.21. The molecule has 0 bridgehead atoms. The zero-order valence-corrected chi connectivity index (χ0v) is 8.83. The van der Waals surface area contributed by atoms with E-state index in [0.717, 1.165) is 11.4 Å². The Balaban J connectivity index is 3.29. The Labute approximate surface area is 69.3 Å². The van der Waals surface area contributed by atoms with Gasteiger partial charge in [0.25, 0.3) is 0 Å². The van der Waals surface area contributed by atoms with E-state index in [0.29, 0.717) is 0 Å². The van der Waals surface area contributed by atoms with Crippen LogP contribution in [0.15, 0.2) is 10.3 Å². The highest BCUT2D eigenvalue weighted by atomic mass is 28.3. The Hall–Kier alpha value is -0.843. The lowest BCUT2D eigenvalue weighted by molar-refractivity contribution is 0.238. The molecule has 5 heteroatoms. The molecule has 0 spiro atoms. The van der Waals surface area contributed by atoms with Crippen LogP contribution in [0.5, 0.6) is 0 Å². The minimum Gasteiger partial charge on any atom is -0.414 e. The van der Waals surface area contributed by atoms with Gasteiger partial charge in [0.15, 0.2) is 0 Å². The largest absolute Gasteiger partial charge is 0.480 e. The highest BCUT2D eigenvalue weighted by Gasteiger charge is 1.85. The summed E-state index contributed by atoms with van der Waals surface area (Å²) in [6.07, 6.45) is 0. The van der Waals surface area contributed by atoms with Crippen molar-refractivity contribution in [2.75, 3.05) is 0 Å². The van der Waals surface area contributed by atoms with Gasteiger partial charge >= 0.3 is 10.0 Å². The standard InChI is InChI=1S/C6H14N2O2Si/c1-5(2)7-9-11-10-8-6(3)4/h11H2,1-4H3. The Kier molecular flexibility index (Phi) is 5.45. The van der Waals surface area contributed by atoms with Gasteiger partial charge in [-0.15, -0.1) is 10.3 Å². The van der Waals surface area contributed by atoms with E-state index >= 15 is 0 Å². The van der Waals surface area contributed by atoms with Crippen LogP contribution < -0.4 is 0 Å². The third kappa shape index (κ3) is 9.16. The molecule has 0 fully saturated rings. The molecule has 64 valence electrons. The summed E-state index contributed by atoms with van der Waals surface area (Å²) in [5.74, 6) is 0. The Morgan fingerprint density at radius 2 is 1.27 bits per heavy atom. The molecule has 0 unspecified atom stereocenters. The third-order valence-corrected chi connectivity index (χ3v) is 1.07. The number of oxime groups is 2. The fourth-order valence-electron chi connectivity index (χ4n) is 0.334. The van der Waals surface area contributed by atoms with Crippen LogP contribution in [0, 0.1) is 0 Å². The van der Waals surface area contributed by atoms with Gasteiger partial charge in [0.05, 0.1) is 0 Å². The van der Waals surface area contributed by atoms with Gasteiger partial charge in [-0.25, -0.2) is 0 Å². The van der Waals surface area contributed by atoms with E-state index in [1.165, 1.54) is 0 Å². The second kappa shape index (κ2) is 5.91. The van der Waals surface area contributed by atoms with Crippen LogP contribution >= 0.6 is 0 Å². The maximum Gasteiger partial charge on any atom is 0.480 e. The van der Waals surface area contributed by atoms with E-state index in [9.17, 15) is 0 Å². The SMILES string of the molecule is CC(C)=NO[SiH2]ON=C(C)C. The first-order valence-corrected chi connectivity index (χ1v) is 4.54. The zero-order valence-electron chi connectivity index (χ0n) is 7.42. The topological polar surface area (TPSA) is 43.2 Å². The number of hydrogen-bond acceptors (Lipinski definition) is 4. The van der Waals surface area contributed by atoms with E-state index in [2.05, 4.69) is 10.3 Å². The Morgan fingerprint density at radius 1 is 0.909 bits per heavy atom. The number of nitrogens with zero attached hydrogens (tertiary/aromatic N) is 2. The zero-order chi connectivity index (χ0) is 8.69. The molecule has 11 heavy (non-hydrogen) atoms. The first-order valence-electron chi connectivity index (χ1n) is 3.39. The first-order chi connectivity index (χ1) is 5.13. The summed E-state index contributed by atoms with van der Waals surface area (Å²) in [5.41, 5.74) is 1.77. The Bertz CT molecular complexity index is 142. The minimum atomic E-state index is -1.05. The van der Waals surface area contributed by atoms with Crippen LogP contribution in [-0.2, 0) is 9.05 Å². The van der Waals surface area contributed by atoms with Crippen molar-refractivity contribution in [2.45, 2.75) is 27.7 Å². The molecule has 0 saturated heterocycles. The summed E-state index contributed by atoms with van der Waals surface area (Å²) in [4.78, 5) is 0. The van der Waals surface area contributed by atoms with Gasteiger partial charge in [0, 0.05) is 11.4 Å². The molecule has 0 aliphatic heterocycles. The van der Waals surface area contributed by atoms with Gasteiger partial charge in [0.1, 0.15) is 0 Å². The average Bonchev–Trinajstić information content (AvgIpc) is 1.85. The smallest absolute Gasteiger partial charge is 0.414 e. The predicted octanol–water partition coefficient (Wildman–Crippen LogP) is 0.810. The molecule has 0 heterocycles. The monoisotopic (exact) mass is 174 g/mol. The van der Waals surface area contributed by atoms with Gasteiger partial charge in [-0.3, -0.25) is 0 Å². The molecule has 0 saturated carbocycles. The van der Waals surface area contributed by atoms with Crippen molar-refractivity contribution in [3.8, 4) is 0 Å². The van der Waals surface area contributed by atoms with Crippen molar-refractivity contribution < 1.29 is 9.05 Å². The molecular formula is C6H14N2O2Si. The fraction of sp³-hybridized carbons (Fsp3) is 0.667. The lowest BCUT2D eigenvalue weighted by atomic mass is 10.5. The van der Waals surface area contributed by atoms with Gasteiger partial charge in [-0.1, -0.05) is 0 Å². The molecule has 0 radical (unpaired) electrons. The van der Waals surface area contributed by atoms with Crippen LogP contribution in [0.3, 0.4) is 0 Å². The number of hydrogen-bond donors (Lipinski definition) is 0. The van der Waals surface area contributed by atoms with Crippen molar-refractivity contribution in [1.29, 1.82) is 0 Å². The molecule has 0 rings (SSSR count). The van der Waals surface area contributed by atoms with E-state index < -0.39 is 10.0 Å². The highest BCUT2D eigenvalue weighted by molar-refractivity contribution is 6.18. The molecule has 0 atom stereocenters. The molecular weight excluding hydrogens is 160 g/mol. The maximum atomic E-state index is 4.84. The molecule has 0 aromatic rings. The predicted molar refractivity (Wildman–Crippen MR) is 48.3 cm³/mol. The molecule has 0 aromatic heterocycles. The normalized spacial score (nSPS) is 8.36. The van der Waals surface area contributed by atoms with Crippen molar-refractivity contribution in [2.24, 2.45) is 10.3 Å². The van der Waals surface area contributed by atoms with Gasteiger partial charge < -0.3 is 9.05 Å². The summed E-state index contributed by atoms with van der Waals surface area (Å²) in [5, 5.41) is 7.41.